The highest BCUT2D eigenvalue weighted by molar-refractivity contribution is 5.85. The summed E-state index contributed by atoms with van der Waals surface area (Å²) in [5, 5.41) is 14.7. The van der Waals surface area contributed by atoms with Crippen molar-refractivity contribution in [2.45, 2.75) is 32.9 Å². The van der Waals surface area contributed by atoms with Gasteiger partial charge in [0.1, 0.15) is 0 Å². The van der Waals surface area contributed by atoms with E-state index in [0.29, 0.717) is 24.6 Å². The Balaban J connectivity index is 0.00000484. The summed E-state index contributed by atoms with van der Waals surface area (Å²) in [5.74, 6) is 0.924. The number of aliphatic hydroxyl groups is 1. The molecule has 0 fully saturated rings. The molecule has 0 aliphatic carbocycles. The molecule has 6 nitrogen and oxygen atoms in total. The van der Waals surface area contributed by atoms with Crippen LogP contribution >= 0.6 is 12.4 Å². The Labute approximate surface area is 144 Å². The first kappa shape index (κ1) is 21.5. The molecule has 0 saturated carbocycles. The fourth-order valence-electron chi connectivity index (χ4n) is 1.85. The number of methoxy groups -OCH3 is 1. The number of halogens is 1. The van der Waals surface area contributed by atoms with Crippen LogP contribution in [-0.2, 0) is 11.3 Å². The number of nitrogens with one attached hydrogen (secondary N) is 2. The van der Waals surface area contributed by atoms with E-state index in [-0.39, 0.29) is 37.1 Å². The fourth-order valence-corrected chi connectivity index (χ4v) is 1.85. The number of ether oxygens (including phenoxy) is 2. The maximum absolute atomic E-state index is 11.8. The quantitative estimate of drug-likeness (QED) is 0.621. The molecule has 7 heteroatoms. The number of hydrogen-bond acceptors (Lipinski definition) is 5. The molecular weight excluding hydrogens is 320 g/mol. The van der Waals surface area contributed by atoms with Crippen LogP contribution in [0.5, 0.6) is 11.5 Å². The Morgan fingerprint density at radius 3 is 2.52 bits per heavy atom. The Morgan fingerprint density at radius 2 is 1.96 bits per heavy atom. The molecule has 0 saturated heterocycles. The number of hydrogen-bond donors (Lipinski definition) is 3. The van der Waals surface area contributed by atoms with Crippen LogP contribution in [0.25, 0.3) is 0 Å². The third kappa shape index (κ3) is 8.64. The van der Waals surface area contributed by atoms with Crippen molar-refractivity contribution < 1.29 is 19.4 Å². The molecule has 0 unspecified atom stereocenters. The van der Waals surface area contributed by atoms with E-state index in [1.807, 2.05) is 32.9 Å². The van der Waals surface area contributed by atoms with Crippen molar-refractivity contribution in [3.8, 4) is 11.5 Å². The van der Waals surface area contributed by atoms with Crippen molar-refractivity contribution in [3.63, 3.8) is 0 Å². The molecule has 0 aliphatic heterocycles. The summed E-state index contributed by atoms with van der Waals surface area (Å²) in [7, 11) is 1.56. The summed E-state index contributed by atoms with van der Waals surface area (Å²) >= 11 is 0. The van der Waals surface area contributed by atoms with E-state index in [1.165, 1.54) is 0 Å². The van der Waals surface area contributed by atoms with Crippen LogP contribution in [0, 0.1) is 0 Å². The second-order valence-electron chi connectivity index (χ2n) is 5.97. The minimum atomic E-state index is -0.285. The molecule has 23 heavy (non-hydrogen) atoms. The van der Waals surface area contributed by atoms with Crippen LogP contribution in [-0.4, -0.2) is 43.4 Å². The van der Waals surface area contributed by atoms with Gasteiger partial charge in [0.15, 0.2) is 18.1 Å². The third-order valence-electron chi connectivity index (χ3n) is 2.72. The topological polar surface area (TPSA) is 79.8 Å². The number of benzene rings is 1. The summed E-state index contributed by atoms with van der Waals surface area (Å²) in [6.45, 7) is 6.95. The van der Waals surface area contributed by atoms with E-state index in [4.69, 9.17) is 14.6 Å². The Morgan fingerprint density at radius 1 is 1.26 bits per heavy atom. The van der Waals surface area contributed by atoms with Crippen LogP contribution in [0.15, 0.2) is 18.2 Å². The average molecular weight is 347 g/mol. The molecule has 3 N–H and O–H groups in total. The van der Waals surface area contributed by atoms with Crippen LogP contribution in [0.4, 0.5) is 0 Å². The normalized spacial score (nSPS) is 10.7. The molecule has 1 rings (SSSR count). The minimum absolute atomic E-state index is 0. The standard InChI is InChI=1S/C16H26N2O4.ClH/c1-16(2,3)18-15(20)11-22-13-6-5-12(9-14(13)21-4)10-17-7-8-19;/h5-6,9,17,19H,7-8,10-11H2,1-4H3,(H,18,20);1H. The van der Waals surface area contributed by atoms with Crippen LogP contribution < -0.4 is 20.1 Å². The van der Waals surface area contributed by atoms with Crippen LogP contribution in [0.2, 0.25) is 0 Å². The number of rotatable bonds is 8. The lowest BCUT2D eigenvalue weighted by Crippen LogP contribution is -2.43. The molecule has 0 aromatic heterocycles. The molecule has 0 heterocycles. The van der Waals surface area contributed by atoms with Crippen molar-refractivity contribution in [3.05, 3.63) is 23.8 Å². The number of carbonyl (C=O) groups is 1. The largest absolute Gasteiger partial charge is 0.493 e. The zero-order chi connectivity index (χ0) is 16.6. The highest BCUT2D eigenvalue weighted by Gasteiger charge is 2.15. The molecule has 0 aliphatic rings. The lowest BCUT2D eigenvalue weighted by atomic mass is 10.1. The van der Waals surface area contributed by atoms with Crippen molar-refractivity contribution in [2.75, 3.05) is 26.9 Å². The average Bonchev–Trinajstić information content (AvgIpc) is 2.44. The van der Waals surface area contributed by atoms with Gasteiger partial charge in [-0.2, -0.15) is 0 Å². The number of aliphatic hydroxyl groups excluding tert-OH is 1. The summed E-state index contributed by atoms with van der Waals surface area (Å²) in [4.78, 5) is 11.8. The van der Waals surface area contributed by atoms with Crippen molar-refractivity contribution in [1.82, 2.24) is 10.6 Å². The highest BCUT2D eigenvalue weighted by Crippen LogP contribution is 2.28. The van der Waals surface area contributed by atoms with Gasteiger partial charge >= 0.3 is 0 Å². The third-order valence-corrected chi connectivity index (χ3v) is 2.72. The number of amides is 1. The van der Waals surface area contributed by atoms with Gasteiger partial charge in [-0.15, -0.1) is 12.4 Å². The second kappa shape index (κ2) is 10.3. The van der Waals surface area contributed by atoms with E-state index < -0.39 is 0 Å². The first-order valence-electron chi connectivity index (χ1n) is 7.28. The monoisotopic (exact) mass is 346 g/mol. The van der Waals surface area contributed by atoms with E-state index in [2.05, 4.69) is 10.6 Å². The van der Waals surface area contributed by atoms with E-state index >= 15 is 0 Å². The maximum Gasteiger partial charge on any atom is 0.258 e. The van der Waals surface area contributed by atoms with Crippen LogP contribution in [0.3, 0.4) is 0 Å². The predicted molar refractivity (Wildman–Crippen MR) is 92.4 cm³/mol. The van der Waals surface area contributed by atoms with E-state index in [0.717, 1.165) is 5.56 Å². The first-order valence-corrected chi connectivity index (χ1v) is 7.28. The Bertz CT molecular complexity index is 489. The van der Waals surface area contributed by atoms with Gasteiger partial charge in [-0.3, -0.25) is 4.79 Å². The van der Waals surface area contributed by atoms with E-state index in [9.17, 15) is 4.79 Å². The summed E-state index contributed by atoms with van der Waals surface area (Å²) in [5.41, 5.74) is 0.726. The SMILES string of the molecule is COc1cc(CNCCO)ccc1OCC(=O)NC(C)(C)C.Cl. The highest BCUT2D eigenvalue weighted by atomic mass is 35.5. The smallest absolute Gasteiger partial charge is 0.258 e. The molecule has 0 bridgehead atoms. The lowest BCUT2D eigenvalue weighted by Gasteiger charge is -2.20. The zero-order valence-corrected chi connectivity index (χ0v) is 15.0. The van der Waals surface area contributed by atoms with Crippen LogP contribution in [0.1, 0.15) is 26.3 Å². The van der Waals surface area contributed by atoms with Gasteiger partial charge in [0.25, 0.3) is 5.91 Å². The molecule has 0 radical (unpaired) electrons. The van der Waals surface area contributed by atoms with E-state index in [1.54, 1.807) is 13.2 Å². The van der Waals surface area contributed by atoms with Crippen molar-refractivity contribution in [2.24, 2.45) is 0 Å². The molecule has 132 valence electrons. The van der Waals surface area contributed by atoms with Gasteiger partial charge in [-0.1, -0.05) is 6.07 Å². The van der Waals surface area contributed by atoms with Crippen molar-refractivity contribution >= 4 is 18.3 Å². The molecule has 1 amide bonds. The van der Waals surface area contributed by atoms with Gasteiger partial charge in [0.2, 0.25) is 0 Å². The number of carbonyl (C=O) groups excluding carboxylic acids is 1. The van der Waals surface area contributed by atoms with Gasteiger partial charge in [0, 0.05) is 18.6 Å². The molecule has 1 aromatic rings. The second-order valence-corrected chi connectivity index (χ2v) is 5.97. The lowest BCUT2D eigenvalue weighted by molar-refractivity contribution is -0.124. The molecule has 0 spiro atoms. The summed E-state index contributed by atoms with van der Waals surface area (Å²) < 4.78 is 10.8. The summed E-state index contributed by atoms with van der Waals surface area (Å²) in [6, 6.07) is 5.52. The van der Waals surface area contributed by atoms with Gasteiger partial charge in [-0.05, 0) is 38.5 Å². The summed E-state index contributed by atoms with van der Waals surface area (Å²) in [6.07, 6.45) is 0. The van der Waals surface area contributed by atoms with Gasteiger partial charge < -0.3 is 25.2 Å². The predicted octanol–water partition coefficient (Wildman–Crippen LogP) is 1.49. The zero-order valence-electron chi connectivity index (χ0n) is 14.1. The maximum atomic E-state index is 11.8. The molecular formula is C16H27ClN2O4. The molecule has 0 atom stereocenters. The van der Waals surface area contributed by atoms with Crippen molar-refractivity contribution in [1.29, 1.82) is 0 Å². The Hall–Kier alpha value is -1.50. The van der Waals surface area contributed by atoms with Gasteiger partial charge in [-0.25, -0.2) is 0 Å². The Kier molecular flexibility index (Phi) is 9.64. The van der Waals surface area contributed by atoms with Gasteiger partial charge in [0.05, 0.1) is 13.7 Å². The molecule has 1 aromatic carbocycles. The minimum Gasteiger partial charge on any atom is -0.493 e. The first-order chi connectivity index (χ1) is 10.4. The fraction of sp³-hybridized carbons (Fsp3) is 0.562.